The molecule has 3 atom stereocenters. The molecule has 2 nitrogen and oxygen atoms in total. The Morgan fingerprint density at radius 3 is 2.40 bits per heavy atom. The van der Waals surface area contributed by atoms with Crippen molar-refractivity contribution in [2.45, 2.75) is 12.2 Å². The van der Waals surface area contributed by atoms with E-state index in [0.717, 1.165) is 0 Å². The molecule has 0 saturated heterocycles. The summed E-state index contributed by atoms with van der Waals surface area (Å²) >= 11 is -1.97. The first-order valence-corrected chi connectivity index (χ1v) is 4.28. The second-order valence-corrected chi connectivity index (χ2v) is 3.42. The molecule has 0 heterocycles. The summed E-state index contributed by atoms with van der Waals surface area (Å²) in [4.78, 5) is 0. The Balaban J connectivity index is 2.70. The van der Waals surface area contributed by atoms with Crippen LogP contribution in [0.5, 0.6) is 0 Å². The zero-order valence-electron chi connectivity index (χ0n) is 5.69. The minimum Gasteiger partial charge on any atom is -0.772 e. The monoisotopic (exact) mass is 157 g/mol. The van der Waals surface area contributed by atoms with Gasteiger partial charge in [-0.1, -0.05) is 31.2 Å². The predicted octanol–water partition coefficient (Wildman–Crippen LogP) is 0.996. The second-order valence-electron chi connectivity index (χ2n) is 2.35. The largest absolute Gasteiger partial charge is 0.772 e. The van der Waals surface area contributed by atoms with Crippen molar-refractivity contribution in [3.05, 3.63) is 24.3 Å². The van der Waals surface area contributed by atoms with Crippen molar-refractivity contribution in [1.82, 2.24) is 0 Å². The van der Waals surface area contributed by atoms with Gasteiger partial charge in [-0.15, -0.1) is 0 Å². The molecule has 0 spiro atoms. The van der Waals surface area contributed by atoms with Crippen LogP contribution >= 0.6 is 0 Å². The summed E-state index contributed by atoms with van der Waals surface area (Å²) in [5.74, 6) is 0.114. The Hall–Kier alpha value is -0.410. The van der Waals surface area contributed by atoms with Crippen LogP contribution in [0.2, 0.25) is 0 Å². The van der Waals surface area contributed by atoms with Crippen molar-refractivity contribution < 1.29 is 8.76 Å². The highest BCUT2D eigenvalue weighted by Gasteiger charge is 2.13. The summed E-state index contributed by atoms with van der Waals surface area (Å²) in [6.07, 6.45) is 7.22. The lowest BCUT2D eigenvalue weighted by atomic mass is 10.0. The molecule has 3 heteroatoms. The van der Waals surface area contributed by atoms with Crippen LogP contribution in [0.4, 0.5) is 0 Å². The van der Waals surface area contributed by atoms with E-state index in [4.69, 9.17) is 0 Å². The van der Waals surface area contributed by atoms with Crippen LogP contribution in [0.3, 0.4) is 0 Å². The molecule has 1 aliphatic rings. The number of allylic oxidation sites excluding steroid dienone is 3. The molecule has 0 bridgehead atoms. The van der Waals surface area contributed by atoms with Crippen LogP contribution in [0.15, 0.2) is 24.3 Å². The fourth-order valence-corrected chi connectivity index (χ4v) is 1.60. The molecular weight excluding hydrogens is 148 g/mol. The zero-order chi connectivity index (χ0) is 7.56. The van der Waals surface area contributed by atoms with Gasteiger partial charge < -0.3 is 4.55 Å². The van der Waals surface area contributed by atoms with Crippen LogP contribution in [-0.2, 0) is 11.1 Å². The molecule has 0 saturated carbocycles. The van der Waals surface area contributed by atoms with Gasteiger partial charge in [0.2, 0.25) is 0 Å². The fourth-order valence-electron chi connectivity index (χ4n) is 0.937. The van der Waals surface area contributed by atoms with Gasteiger partial charge >= 0.3 is 0 Å². The first-order chi connectivity index (χ1) is 4.72. The normalized spacial score (nSPS) is 34.2. The highest BCUT2D eigenvalue weighted by molar-refractivity contribution is 7.80. The smallest absolute Gasteiger partial charge is 0.0458 e. The molecule has 1 aliphatic carbocycles. The van der Waals surface area contributed by atoms with Gasteiger partial charge in [-0.05, 0) is 17.0 Å². The van der Waals surface area contributed by atoms with Crippen molar-refractivity contribution in [2.75, 3.05) is 0 Å². The summed E-state index contributed by atoms with van der Waals surface area (Å²) in [6, 6.07) is 0. The molecule has 0 N–H and O–H groups in total. The highest BCUT2D eigenvalue weighted by atomic mass is 32.2. The molecule has 56 valence electrons. The van der Waals surface area contributed by atoms with Gasteiger partial charge in [-0.25, -0.2) is 0 Å². The van der Waals surface area contributed by atoms with E-state index in [1.54, 1.807) is 12.2 Å². The molecule has 0 aromatic heterocycles. The molecule has 0 aromatic rings. The standard InChI is InChI=1S/C7H10O2S/c1-6-4-2-3-5-7(6)10(8)9/h2-7H,1H3,(H,8,9)/p-1. The van der Waals surface area contributed by atoms with Gasteiger partial charge in [-0.2, -0.15) is 0 Å². The topological polar surface area (TPSA) is 40.1 Å². The minimum absolute atomic E-state index is 0.114. The average Bonchev–Trinajstić information content (AvgIpc) is 1.88. The Morgan fingerprint density at radius 2 is 2.00 bits per heavy atom. The maximum absolute atomic E-state index is 10.5. The van der Waals surface area contributed by atoms with E-state index < -0.39 is 11.1 Å². The predicted molar refractivity (Wildman–Crippen MR) is 40.2 cm³/mol. The molecule has 10 heavy (non-hydrogen) atoms. The van der Waals surface area contributed by atoms with Crippen molar-refractivity contribution >= 4 is 11.1 Å². The maximum atomic E-state index is 10.5. The van der Waals surface area contributed by atoms with Gasteiger partial charge in [0.25, 0.3) is 0 Å². The van der Waals surface area contributed by atoms with E-state index >= 15 is 0 Å². The number of hydrogen-bond donors (Lipinski definition) is 0. The van der Waals surface area contributed by atoms with E-state index in [1.807, 2.05) is 19.1 Å². The molecule has 3 unspecified atom stereocenters. The van der Waals surface area contributed by atoms with E-state index in [0.29, 0.717) is 0 Å². The molecule has 0 aromatic carbocycles. The van der Waals surface area contributed by atoms with Crippen LogP contribution in [0, 0.1) is 5.92 Å². The lowest BCUT2D eigenvalue weighted by Crippen LogP contribution is -2.20. The van der Waals surface area contributed by atoms with Crippen LogP contribution < -0.4 is 0 Å². The summed E-state index contributed by atoms with van der Waals surface area (Å²) in [7, 11) is 0. The SMILES string of the molecule is CC1C=CC=CC1S(=O)[O-]. The summed E-state index contributed by atoms with van der Waals surface area (Å²) in [6.45, 7) is 1.89. The molecule has 0 amide bonds. The van der Waals surface area contributed by atoms with E-state index in [2.05, 4.69) is 0 Å². The molecule has 0 radical (unpaired) electrons. The lowest BCUT2D eigenvalue weighted by molar-refractivity contribution is 0.517. The third-order valence-electron chi connectivity index (χ3n) is 1.57. The first-order valence-electron chi connectivity index (χ1n) is 3.15. The number of rotatable bonds is 1. The fraction of sp³-hybridized carbons (Fsp3) is 0.429. The zero-order valence-corrected chi connectivity index (χ0v) is 6.51. The van der Waals surface area contributed by atoms with E-state index in [-0.39, 0.29) is 11.2 Å². The molecule has 0 aliphatic heterocycles. The summed E-state index contributed by atoms with van der Waals surface area (Å²) in [5.41, 5.74) is 0. The Bertz CT molecular complexity index is 196. The van der Waals surface area contributed by atoms with Crippen molar-refractivity contribution in [2.24, 2.45) is 5.92 Å². The molecule has 0 fully saturated rings. The van der Waals surface area contributed by atoms with Gasteiger partial charge in [0, 0.05) is 5.25 Å². The van der Waals surface area contributed by atoms with Gasteiger partial charge in [0.1, 0.15) is 0 Å². The van der Waals surface area contributed by atoms with Crippen LogP contribution in [0.1, 0.15) is 6.92 Å². The molecular formula is C7H9O2S-. The quantitative estimate of drug-likeness (QED) is 0.533. The van der Waals surface area contributed by atoms with Crippen molar-refractivity contribution in [3.8, 4) is 0 Å². The van der Waals surface area contributed by atoms with E-state index in [9.17, 15) is 8.76 Å². The average molecular weight is 157 g/mol. The first kappa shape index (κ1) is 7.69. The Labute approximate surface area is 62.9 Å². The van der Waals surface area contributed by atoms with Crippen LogP contribution in [-0.4, -0.2) is 14.0 Å². The summed E-state index contributed by atoms with van der Waals surface area (Å²) < 4.78 is 21.0. The lowest BCUT2D eigenvalue weighted by Gasteiger charge is -2.22. The van der Waals surface area contributed by atoms with Gasteiger partial charge in [-0.3, -0.25) is 4.21 Å². The number of hydrogen-bond acceptors (Lipinski definition) is 2. The minimum atomic E-state index is -1.97. The van der Waals surface area contributed by atoms with Gasteiger partial charge in [0.15, 0.2) is 0 Å². The third-order valence-corrected chi connectivity index (χ3v) is 2.60. The maximum Gasteiger partial charge on any atom is 0.0458 e. The molecule has 1 rings (SSSR count). The second kappa shape index (κ2) is 3.12. The Morgan fingerprint density at radius 1 is 1.40 bits per heavy atom. The van der Waals surface area contributed by atoms with Crippen molar-refractivity contribution in [1.29, 1.82) is 0 Å². The van der Waals surface area contributed by atoms with Crippen LogP contribution in [0.25, 0.3) is 0 Å². The van der Waals surface area contributed by atoms with E-state index in [1.165, 1.54) is 0 Å². The third kappa shape index (κ3) is 1.55. The van der Waals surface area contributed by atoms with Crippen molar-refractivity contribution in [3.63, 3.8) is 0 Å². The van der Waals surface area contributed by atoms with Gasteiger partial charge in [0.05, 0.1) is 0 Å². The highest BCUT2D eigenvalue weighted by Crippen LogP contribution is 2.15. The summed E-state index contributed by atoms with van der Waals surface area (Å²) in [5, 5.41) is -0.329. The Kier molecular flexibility index (Phi) is 2.40.